The zero-order chi connectivity index (χ0) is 13.5. The van der Waals surface area contributed by atoms with Gasteiger partial charge >= 0.3 is 0 Å². The highest BCUT2D eigenvalue weighted by Gasteiger charge is 2.14. The van der Waals surface area contributed by atoms with Crippen molar-refractivity contribution in [3.63, 3.8) is 0 Å². The van der Waals surface area contributed by atoms with Gasteiger partial charge in [-0.15, -0.1) is 0 Å². The van der Waals surface area contributed by atoms with E-state index in [-0.39, 0.29) is 6.04 Å². The van der Waals surface area contributed by atoms with E-state index in [9.17, 15) is 0 Å². The topological polar surface area (TPSA) is 56.3 Å². The zero-order valence-corrected chi connectivity index (χ0v) is 11.9. The molecule has 1 unspecified atom stereocenters. The van der Waals surface area contributed by atoms with Gasteiger partial charge in [0.15, 0.2) is 0 Å². The van der Waals surface area contributed by atoms with Gasteiger partial charge in [0.1, 0.15) is 11.6 Å². The first kappa shape index (κ1) is 14.7. The number of aromatic nitrogens is 2. The molecule has 1 rings (SSSR count). The number of hydrogen-bond donors (Lipinski definition) is 1. The summed E-state index contributed by atoms with van der Waals surface area (Å²) in [5, 5.41) is 3.36. The molecule has 0 aromatic carbocycles. The summed E-state index contributed by atoms with van der Waals surface area (Å²) in [4.78, 5) is 8.58. The number of ether oxygens (including phenoxy) is 2. The minimum absolute atomic E-state index is 0.221. The number of anilines is 1. The van der Waals surface area contributed by atoms with Crippen LogP contribution in [0.2, 0.25) is 0 Å². The van der Waals surface area contributed by atoms with E-state index in [1.165, 1.54) is 0 Å². The Kier molecular flexibility index (Phi) is 5.85. The van der Waals surface area contributed by atoms with Crippen LogP contribution in [0.15, 0.2) is 6.07 Å². The van der Waals surface area contributed by atoms with Gasteiger partial charge in [0.2, 0.25) is 5.88 Å². The molecule has 5 nitrogen and oxygen atoms in total. The maximum absolute atomic E-state index is 5.41. The highest BCUT2D eigenvalue weighted by molar-refractivity contribution is 5.39. The molecule has 1 aromatic heterocycles. The van der Waals surface area contributed by atoms with Crippen LogP contribution in [-0.4, -0.2) is 36.3 Å². The minimum Gasteiger partial charge on any atom is -0.478 e. The molecule has 5 heteroatoms. The van der Waals surface area contributed by atoms with Gasteiger partial charge in [-0.25, -0.2) is 4.98 Å². The summed E-state index contributed by atoms with van der Waals surface area (Å²) in [7, 11) is 1.70. The van der Waals surface area contributed by atoms with Crippen molar-refractivity contribution >= 4 is 5.82 Å². The molecule has 0 aliphatic carbocycles. The predicted octanol–water partition coefficient (Wildman–Crippen LogP) is 2.27. The molecule has 0 bridgehead atoms. The van der Waals surface area contributed by atoms with Crippen molar-refractivity contribution in [3.05, 3.63) is 11.9 Å². The van der Waals surface area contributed by atoms with Gasteiger partial charge in [0.25, 0.3) is 0 Å². The van der Waals surface area contributed by atoms with Crippen molar-refractivity contribution in [2.24, 2.45) is 5.92 Å². The second-order valence-corrected chi connectivity index (χ2v) is 4.52. The Morgan fingerprint density at radius 1 is 1.33 bits per heavy atom. The molecule has 1 heterocycles. The molecule has 1 atom stereocenters. The first-order valence-electron chi connectivity index (χ1n) is 6.30. The van der Waals surface area contributed by atoms with Crippen molar-refractivity contribution < 1.29 is 9.47 Å². The standard InChI is InChI=1S/C13H23N3O2/c1-6-18-13-7-12(14-10(4)15-13)16-11(8-17-5)9(2)3/h7,9,11H,6,8H2,1-5H3,(H,14,15,16). The Balaban J connectivity index is 2.81. The summed E-state index contributed by atoms with van der Waals surface area (Å²) < 4.78 is 10.6. The van der Waals surface area contributed by atoms with Crippen molar-refractivity contribution in [1.82, 2.24) is 9.97 Å². The molecular formula is C13H23N3O2. The van der Waals surface area contributed by atoms with Crippen LogP contribution >= 0.6 is 0 Å². The smallest absolute Gasteiger partial charge is 0.218 e. The number of nitrogens with one attached hydrogen (secondary N) is 1. The third kappa shape index (κ3) is 4.49. The van der Waals surface area contributed by atoms with Crippen LogP contribution < -0.4 is 10.1 Å². The van der Waals surface area contributed by atoms with E-state index in [4.69, 9.17) is 9.47 Å². The van der Waals surface area contributed by atoms with Crippen LogP contribution in [0, 0.1) is 12.8 Å². The zero-order valence-electron chi connectivity index (χ0n) is 11.9. The Hall–Kier alpha value is -1.36. The van der Waals surface area contributed by atoms with E-state index in [1.807, 2.05) is 19.9 Å². The molecule has 1 N–H and O–H groups in total. The van der Waals surface area contributed by atoms with Crippen LogP contribution in [0.3, 0.4) is 0 Å². The largest absolute Gasteiger partial charge is 0.478 e. The minimum atomic E-state index is 0.221. The lowest BCUT2D eigenvalue weighted by Gasteiger charge is -2.22. The molecule has 0 amide bonds. The number of aryl methyl sites for hydroxylation is 1. The van der Waals surface area contributed by atoms with Gasteiger partial charge in [-0.2, -0.15) is 4.98 Å². The van der Waals surface area contributed by atoms with Gasteiger partial charge in [0.05, 0.1) is 19.3 Å². The van der Waals surface area contributed by atoms with E-state index < -0.39 is 0 Å². The van der Waals surface area contributed by atoms with E-state index in [1.54, 1.807) is 7.11 Å². The fraction of sp³-hybridized carbons (Fsp3) is 0.692. The van der Waals surface area contributed by atoms with E-state index >= 15 is 0 Å². The molecule has 0 saturated heterocycles. The lowest BCUT2D eigenvalue weighted by Crippen LogP contribution is -2.31. The summed E-state index contributed by atoms with van der Waals surface area (Å²) >= 11 is 0. The summed E-state index contributed by atoms with van der Waals surface area (Å²) in [6, 6.07) is 2.04. The van der Waals surface area contributed by atoms with Gasteiger partial charge in [-0.1, -0.05) is 13.8 Å². The maximum atomic E-state index is 5.41. The molecule has 0 aliphatic rings. The summed E-state index contributed by atoms with van der Waals surface area (Å²) in [5.41, 5.74) is 0. The van der Waals surface area contributed by atoms with Gasteiger partial charge in [-0.3, -0.25) is 0 Å². The quantitative estimate of drug-likeness (QED) is 0.807. The SMILES string of the molecule is CCOc1cc(NC(COC)C(C)C)nc(C)n1. The second kappa shape index (κ2) is 7.16. The van der Waals surface area contributed by atoms with Crippen molar-refractivity contribution in [2.45, 2.75) is 33.7 Å². The van der Waals surface area contributed by atoms with Crippen LogP contribution in [0.4, 0.5) is 5.82 Å². The molecule has 18 heavy (non-hydrogen) atoms. The first-order valence-corrected chi connectivity index (χ1v) is 6.30. The van der Waals surface area contributed by atoms with E-state index in [2.05, 4.69) is 29.1 Å². The van der Waals surface area contributed by atoms with Crippen LogP contribution in [-0.2, 0) is 4.74 Å². The van der Waals surface area contributed by atoms with E-state index in [0.717, 1.165) is 5.82 Å². The summed E-state index contributed by atoms with van der Waals surface area (Å²) in [5.74, 6) is 2.54. The maximum Gasteiger partial charge on any atom is 0.218 e. The Morgan fingerprint density at radius 3 is 2.61 bits per heavy atom. The van der Waals surface area contributed by atoms with Gasteiger partial charge < -0.3 is 14.8 Å². The molecular weight excluding hydrogens is 230 g/mol. The molecule has 0 saturated carbocycles. The van der Waals surface area contributed by atoms with Gasteiger partial charge in [-0.05, 0) is 19.8 Å². The monoisotopic (exact) mass is 253 g/mol. The lowest BCUT2D eigenvalue weighted by molar-refractivity contribution is 0.171. The third-order valence-corrected chi connectivity index (χ3v) is 2.59. The molecule has 102 valence electrons. The van der Waals surface area contributed by atoms with Crippen LogP contribution in [0.5, 0.6) is 5.88 Å². The predicted molar refractivity (Wildman–Crippen MR) is 72.1 cm³/mol. The first-order chi connectivity index (χ1) is 8.56. The normalized spacial score (nSPS) is 12.6. The molecule has 0 aliphatic heterocycles. The number of methoxy groups -OCH3 is 1. The Bertz CT molecular complexity index is 369. The third-order valence-electron chi connectivity index (χ3n) is 2.59. The van der Waals surface area contributed by atoms with Crippen LogP contribution in [0.25, 0.3) is 0 Å². The number of rotatable bonds is 7. The molecule has 0 radical (unpaired) electrons. The molecule has 1 aromatic rings. The second-order valence-electron chi connectivity index (χ2n) is 4.52. The summed E-state index contributed by atoms with van der Waals surface area (Å²) in [6.07, 6.45) is 0. The summed E-state index contributed by atoms with van der Waals surface area (Å²) in [6.45, 7) is 9.33. The number of hydrogen-bond acceptors (Lipinski definition) is 5. The molecule has 0 spiro atoms. The average Bonchev–Trinajstić information content (AvgIpc) is 2.28. The highest BCUT2D eigenvalue weighted by atomic mass is 16.5. The fourth-order valence-electron chi connectivity index (χ4n) is 1.61. The van der Waals surface area contributed by atoms with Gasteiger partial charge in [0, 0.05) is 13.2 Å². The highest BCUT2D eigenvalue weighted by Crippen LogP contribution is 2.16. The van der Waals surface area contributed by atoms with Crippen molar-refractivity contribution in [3.8, 4) is 5.88 Å². The van der Waals surface area contributed by atoms with Crippen LogP contribution in [0.1, 0.15) is 26.6 Å². The lowest BCUT2D eigenvalue weighted by atomic mass is 10.1. The number of nitrogens with zero attached hydrogens (tertiary/aromatic N) is 2. The average molecular weight is 253 g/mol. The Morgan fingerprint density at radius 2 is 2.06 bits per heavy atom. The fourth-order valence-corrected chi connectivity index (χ4v) is 1.61. The van der Waals surface area contributed by atoms with E-state index in [0.29, 0.717) is 30.8 Å². The van der Waals surface area contributed by atoms with Crippen molar-refractivity contribution in [2.75, 3.05) is 25.6 Å². The molecule has 0 fully saturated rings. The van der Waals surface area contributed by atoms with Crippen molar-refractivity contribution in [1.29, 1.82) is 0 Å². The Labute approximate surface area is 109 Å².